The Morgan fingerprint density at radius 1 is 1.09 bits per heavy atom. The third kappa shape index (κ3) is 3.42. The van der Waals surface area contributed by atoms with E-state index in [1.54, 1.807) is 18.2 Å². The quantitative estimate of drug-likeness (QED) is 0.891. The fourth-order valence-corrected chi connectivity index (χ4v) is 3.22. The monoisotopic (exact) mass is 308 g/mol. The highest BCUT2D eigenvalue weighted by Crippen LogP contribution is 2.34. The maximum atomic E-state index is 12.2. The summed E-state index contributed by atoms with van der Waals surface area (Å²) in [4.78, 5) is 23.3. The van der Waals surface area contributed by atoms with Gasteiger partial charge in [0.1, 0.15) is 0 Å². The second-order valence-corrected chi connectivity index (χ2v) is 5.92. The number of nitrogens with one attached hydrogen (secondary N) is 1. The maximum absolute atomic E-state index is 12.2. The number of amides is 2. The number of hydrogen-bond acceptors (Lipinski definition) is 2. The van der Waals surface area contributed by atoms with Crippen molar-refractivity contribution in [1.29, 1.82) is 0 Å². The summed E-state index contributed by atoms with van der Waals surface area (Å²) in [6.07, 6.45) is 3.19. The summed E-state index contributed by atoms with van der Waals surface area (Å²) in [6, 6.07) is 15.0. The lowest BCUT2D eigenvalue weighted by atomic mass is 9.98. The molecule has 2 aromatic rings. The molecule has 23 heavy (non-hydrogen) atoms. The number of nitrogens with two attached hydrogens (primary N) is 1. The summed E-state index contributed by atoms with van der Waals surface area (Å²) in [7, 11) is 0. The highest BCUT2D eigenvalue weighted by Gasteiger charge is 2.21. The van der Waals surface area contributed by atoms with Crippen LogP contribution in [-0.2, 0) is 6.42 Å². The fourth-order valence-electron chi connectivity index (χ4n) is 3.22. The van der Waals surface area contributed by atoms with E-state index in [9.17, 15) is 9.59 Å². The van der Waals surface area contributed by atoms with Crippen LogP contribution in [0, 0.1) is 0 Å². The van der Waals surface area contributed by atoms with Gasteiger partial charge in [-0.25, -0.2) is 0 Å². The lowest BCUT2D eigenvalue weighted by Gasteiger charge is -2.12. The Morgan fingerprint density at radius 2 is 1.87 bits per heavy atom. The van der Waals surface area contributed by atoms with Gasteiger partial charge in [-0.05, 0) is 54.5 Å². The molecule has 2 aromatic carbocycles. The van der Waals surface area contributed by atoms with Gasteiger partial charge in [-0.15, -0.1) is 0 Å². The van der Waals surface area contributed by atoms with Gasteiger partial charge >= 0.3 is 0 Å². The highest BCUT2D eigenvalue weighted by molar-refractivity contribution is 5.99. The van der Waals surface area contributed by atoms with Crippen LogP contribution in [0.25, 0.3) is 0 Å². The number of primary amides is 1. The van der Waals surface area contributed by atoms with Gasteiger partial charge in [0.15, 0.2) is 0 Å². The largest absolute Gasteiger partial charge is 0.366 e. The topological polar surface area (TPSA) is 72.2 Å². The van der Waals surface area contributed by atoms with Crippen LogP contribution in [0.5, 0.6) is 0 Å². The standard InChI is InChI=1S/C19H20N2O2/c20-18(22)15-5-3-6-16(12-15)19(23)21-11-10-14-9-8-13-4-1-2-7-17(13)14/h1-7,12,14H,8-11H2,(H2,20,22)(H,21,23). The van der Waals surface area contributed by atoms with Crippen LogP contribution in [-0.4, -0.2) is 18.4 Å². The molecule has 2 amide bonds. The van der Waals surface area contributed by atoms with Crippen LogP contribution in [0.3, 0.4) is 0 Å². The molecule has 1 unspecified atom stereocenters. The fraction of sp³-hybridized carbons (Fsp3) is 0.263. The van der Waals surface area contributed by atoms with E-state index < -0.39 is 5.91 Å². The van der Waals surface area contributed by atoms with Crippen molar-refractivity contribution in [1.82, 2.24) is 5.32 Å². The zero-order valence-electron chi connectivity index (χ0n) is 12.9. The Balaban J connectivity index is 1.56. The average Bonchev–Trinajstić information content (AvgIpc) is 2.98. The number of rotatable bonds is 5. The molecule has 3 N–H and O–H groups in total. The van der Waals surface area contributed by atoms with Crippen LogP contribution in [0.4, 0.5) is 0 Å². The number of fused-ring (bicyclic) bond motifs is 1. The van der Waals surface area contributed by atoms with E-state index in [1.807, 2.05) is 0 Å². The molecule has 4 nitrogen and oxygen atoms in total. The van der Waals surface area contributed by atoms with Crippen LogP contribution >= 0.6 is 0 Å². The van der Waals surface area contributed by atoms with Gasteiger partial charge in [0, 0.05) is 17.7 Å². The molecule has 0 heterocycles. The molecule has 0 fully saturated rings. The van der Waals surface area contributed by atoms with Gasteiger partial charge < -0.3 is 11.1 Å². The minimum Gasteiger partial charge on any atom is -0.366 e. The molecule has 0 bridgehead atoms. The van der Waals surface area contributed by atoms with Crippen molar-refractivity contribution in [2.45, 2.75) is 25.2 Å². The Kier molecular flexibility index (Phi) is 4.42. The van der Waals surface area contributed by atoms with Gasteiger partial charge in [-0.2, -0.15) is 0 Å². The van der Waals surface area contributed by atoms with Crippen LogP contribution < -0.4 is 11.1 Å². The summed E-state index contributed by atoms with van der Waals surface area (Å²) < 4.78 is 0. The summed E-state index contributed by atoms with van der Waals surface area (Å²) >= 11 is 0. The normalized spacial score (nSPS) is 15.9. The Bertz CT molecular complexity index is 740. The van der Waals surface area contributed by atoms with Crippen molar-refractivity contribution in [3.8, 4) is 0 Å². The smallest absolute Gasteiger partial charge is 0.251 e. The third-order valence-electron chi connectivity index (χ3n) is 4.44. The van der Waals surface area contributed by atoms with E-state index in [2.05, 4.69) is 29.6 Å². The van der Waals surface area contributed by atoms with E-state index in [-0.39, 0.29) is 5.91 Å². The van der Waals surface area contributed by atoms with E-state index in [4.69, 9.17) is 5.73 Å². The highest BCUT2D eigenvalue weighted by atomic mass is 16.2. The first-order chi connectivity index (χ1) is 11.1. The molecule has 118 valence electrons. The molecule has 0 aliphatic heterocycles. The third-order valence-corrected chi connectivity index (χ3v) is 4.44. The molecule has 1 aliphatic carbocycles. The molecule has 3 rings (SSSR count). The molecule has 1 atom stereocenters. The van der Waals surface area contributed by atoms with Crippen LogP contribution in [0.1, 0.15) is 50.6 Å². The summed E-state index contributed by atoms with van der Waals surface area (Å²) in [5, 5.41) is 2.93. The summed E-state index contributed by atoms with van der Waals surface area (Å²) in [6.45, 7) is 0.624. The van der Waals surface area contributed by atoms with Crippen molar-refractivity contribution < 1.29 is 9.59 Å². The summed E-state index contributed by atoms with van der Waals surface area (Å²) in [5.74, 6) is -0.176. The van der Waals surface area contributed by atoms with Crippen molar-refractivity contribution in [2.24, 2.45) is 5.73 Å². The molecule has 0 aromatic heterocycles. The Labute approximate surface area is 135 Å². The summed E-state index contributed by atoms with van der Waals surface area (Å²) in [5.41, 5.74) is 8.90. The van der Waals surface area contributed by atoms with Gasteiger partial charge in [0.05, 0.1) is 0 Å². The maximum Gasteiger partial charge on any atom is 0.251 e. The number of aryl methyl sites for hydroxylation is 1. The minimum absolute atomic E-state index is 0.167. The van der Waals surface area contributed by atoms with Gasteiger partial charge in [-0.3, -0.25) is 9.59 Å². The van der Waals surface area contributed by atoms with Crippen molar-refractivity contribution >= 4 is 11.8 Å². The van der Waals surface area contributed by atoms with Crippen molar-refractivity contribution in [2.75, 3.05) is 6.54 Å². The number of hydrogen-bond donors (Lipinski definition) is 2. The van der Waals surface area contributed by atoms with Gasteiger partial charge in [0.2, 0.25) is 5.91 Å². The number of benzene rings is 2. The molecule has 0 spiro atoms. The second-order valence-electron chi connectivity index (χ2n) is 5.92. The van der Waals surface area contributed by atoms with Crippen LogP contribution in [0.15, 0.2) is 48.5 Å². The predicted octanol–water partition coefficient (Wildman–Crippen LogP) is 2.64. The zero-order valence-corrected chi connectivity index (χ0v) is 12.9. The predicted molar refractivity (Wildman–Crippen MR) is 89.4 cm³/mol. The Hall–Kier alpha value is -2.62. The van der Waals surface area contributed by atoms with E-state index in [0.717, 1.165) is 19.3 Å². The average molecular weight is 308 g/mol. The van der Waals surface area contributed by atoms with E-state index >= 15 is 0 Å². The molecule has 0 radical (unpaired) electrons. The van der Waals surface area contributed by atoms with Gasteiger partial charge in [-0.1, -0.05) is 30.3 Å². The molecular formula is C19H20N2O2. The first-order valence-electron chi connectivity index (χ1n) is 7.91. The van der Waals surface area contributed by atoms with Crippen LogP contribution in [0.2, 0.25) is 0 Å². The number of carbonyl (C=O) groups excluding carboxylic acids is 2. The van der Waals surface area contributed by atoms with Crippen molar-refractivity contribution in [3.05, 3.63) is 70.8 Å². The first kappa shape index (κ1) is 15.3. The van der Waals surface area contributed by atoms with E-state index in [1.165, 1.54) is 17.2 Å². The number of carbonyl (C=O) groups is 2. The zero-order chi connectivity index (χ0) is 16.2. The lowest BCUT2D eigenvalue weighted by molar-refractivity contribution is 0.0952. The molecule has 4 heteroatoms. The van der Waals surface area contributed by atoms with E-state index in [0.29, 0.717) is 23.6 Å². The lowest BCUT2D eigenvalue weighted by Crippen LogP contribution is -2.26. The molecule has 0 saturated carbocycles. The Morgan fingerprint density at radius 3 is 2.70 bits per heavy atom. The minimum atomic E-state index is -0.526. The molecule has 1 aliphatic rings. The SMILES string of the molecule is NC(=O)c1cccc(C(=O)NCCC2CCc3ccccc32)c1. The molecule has 0 saturated heterocycles. The second kappa shape index (κ2) is 6.65. The first-order valence-corrected chi connectivity index (χ1v) is 7.91. The van der Waals surface area contributed by atoms with Gasteiger partial charge in [0.25, 0.3) is 5.91 Å². The molecular weight excluding hydrogens is 288 g/mol. The van der Waals surface area contributed by atoms with Crippen molar-refractivity contribution in [3.63, 3.8) is 0 Å².